The molecule has 1 aromatic carbocycles. The average molecular weight is 299 g/mol. The van der Waals surface area contributed by atoms with Gasteiger partial charge in [-0.15, -0.1) is 0 Å². The maximum absolute atomic E-state index is 13.3. The third kappa shape index (κ3) is 2.72. The fraction of sp³-hybridized carbons (Fsp3) is 0.385. The quantitative estimate of drug-likeness (QED) is 0.881. The minimum atomic E-state index is -1.29. The van der Waals surface area contributed by atoms with E-state index in [2.05, 4.69) is 5.32 Å². The first-order valence-corrected chi connectivity index (χ1v) is 7.11. The van der Waals surface area contributed by atoms with Gasteiger partial charge in [0.2, 0.25) is 0 Å². The number of carboxylic acids is 1. The summed E-state index contributed by atoms with van der Waals surface area (Å²) in [4.78, 5) is 23.6. The summed E-state index contributed by atoms with van der Waals surface area (Å²) in [6.45, 7) is 0. The van der Waals surface area contributed by atoms with Crippen LogP contribution in [0.2, 0.25) is 0 Å². The van der Waals surface area contributed by atoms with E-state index in [9.17, 15) is 19.1 Å². The molecule has 5 nitrogen and oxygen atoms in total. The number of methoxy groups -OCH3 is 1. The normalized spacial score (nSPS) is 21.5. The van der Waals surface area contributed by atoms with Gasteiger partial charge in [0, 0.05) is 5.75 Å². The van der Waals surface area contributed by atoms with E-state index in [1.807, 2.05) is 0 Å². The maximum atomic E-state index is 13.3. The minimum Gasteiger partial charge on any atom is -0.496 e. The molecule has 0 bridgehead atoms. The van der Waals surface area contributed by atoms with Crippen LogP contribution in [-0.2, 0) is 4.79 Å². The van der Waals surface area contributed by atoms with E-state index in [1.54, 1.807) is 0 Å². The van der Waals surface area contributed by atoms with Crippen molar-refractivity contribution in [3.8, 4) is 5.75 Å². The molecule has 1 heterocycles. The Morgan fingerprint density at radius 1 is 1.50 bits per heavy atom. The molecule has 1 unspecified atom stereocenters. The molecular formula is C13H14FNO4S. The first-order chi connectivity index (χ1) is 9.48. The smallest absolute Gasteiger partial charge is 0.330 e. The lowest BCUT2D eigenvalue weighted by atomic mass is 9.98. The lowest BCUT2D eigenvalue weighted by Crippen LogP contribution is -2.54. The average Bonchev–Trinajstić information content (AvgIpc) is 2.88. The highest BCUT2D eigenvalue weighted by atomic mass is 32.2. The van der Waals surface area contributed by atoms with Crippen molar-refractivity contribution >= 4 is 23.6 Å². The van der Waals surface area contributed by atoms with Crippen molar-refractivity contribution in [3.63, 3.8) is 0 Å². The van der Waals surface area contributed by atoms with E-state index < -0.39 is 23.2 Å². The predicted molar refractivity (Wildman–Crippen MR) is 72.7 cm³/mol. The number of nitrogens with one attached hydrogen (secondary N) is 1. The van der Waals surface area contributed by atoms with Gasteiger partial charge in [-0.3, -0.25) is 4.79 Å². The largest absolute Gasteiger partial charge is 0.496 e. The second-order valence-corrected chi connectivity index (χ2v) is 5.59. The Morgan fingerprint density at radius 3 is 2.80 bits per heavy atom. The summed E-state index contributed by atoms with van der Waals surface area (Å²) in [7, 11) is 1.36. The van der Waals surface area contributed by atoms with Crippen molar-refractivity contribution in [2.24, 2.45) is 0 Å². The molecule has 2 rings (SSSR count). The van der Waals surface area contributed by atoms with Crippen molar-refractivity contribution in [2.75, 3.05) is 18.6 Å². The van der Waals surface area contributed by atoms with Gasteiger partial charge in [0.05, 0.1) is 12.7 Å². The number of carboxylic acid groups (broad SMARTS) is 1. The van der Waals surface area contributed by atoms with Crippen molar-refractivity contribution in [3.05, 3.63) is 29.6 Å². The maximum Gasteiger partial charge on any atom is 0.330 e. The molecule has 7 heteroatoms. The van der Waals surface area contributed by atoms with Crippen molar-refractivity contribution < 1.29 is 23.8 Å². The highest BCUT2D eigenvalue weighted by Crippen LogP contribution is 2.29. The van der Waals surface area contributed by atoms with Crippen molar-refractivity contribution in [1.29, 1.82) is 0 Å². The second kappa shape index (κ2) is 5.70. The lowest BCUT2D eigenvalue weighted by molar-refractivity contribution is -0.143. The summed E-state index contributed by atoms with van der Waals surface area (Å²) in [6, 6.07) is 3.54. The topological polar surface area (TPSA) is 75.6 Å². The van der Waals surface area contributed by atoms with E-state index in [-0.39, 0.29) is 11.3 Å². The second-order valence-electron chi connectivity index (χ2n) is 4.49. The van der Waals surface area contributed by atoms with Gasteiger partial charge in [-0.1, -0.05) is 0 Å². The SMILES string of the molecule is COc1ccc(F)cc1C(=O)NC1(C(=O)O)CCSC1. The molecule has 0 radical (unpaired) electrons. The molecule has 1 aromatic rings. The van der Waals surface area contributed by atoms with Gasteiger partial charge in [-0.05, 0) is 30.4 Å². The third-order valence-corrected chi connectivity index (χ3v) is 4.38. The number of carbonyl (C=O) groups is 2. The number of ether oxygens (including phenoxy) is 1. The van der Waals surface area contributed by atoms with Crippen LogP contribution in [0.1, 0.15) is 16.8 Å². The number of hydrogen-bond acceptors (Lipinski definition) is 4. The summed E-state index contributed by atoms with van der Waals surface area (Å²) in [6.07, 6.45) is 0.344. The predicted octanol–water partition coefficient (Wildman–Crippen LogP) is 1.52. The molecule has 2 N–H and O–H groups in total. The molecule has 0 saturated carbocycles. The number of rotatable bonds is 4. The first-order valence-electron chi connectivity index (χ1n) is 5.96. The molecule has 1 amide bonds. The molecule has 1 fully saturated rings. The molecule has 1 saturated heterocycles. The summed E-state index contributed by atoms with van der Waals surface area (Å²) < 4.78 is 18.3. The minimum absolute atomic E-state index is 0.00924. The van der Waals surface area contributed by atoms with E-state index in [0.29, 0.717) is 17.9 Å². The third-order valence-electron chi connectivity index (χ3n) is 3.19. The van der Waals surface area contributed by atoms with E-state index in [1.165, 1.54) is 31.0 Å². The van der Waals surface area contributed by atoms with Gasteiger partial charge in [0.1, 0.15) is 17.1 Å². The van der Waals surface area contributed by atoms with Crippen LogP contribution in [0, 0.1) is 5.82 Å². The van der Waals surface area contributed by atoms with Gasteiger partial charge in [0.15, 0.2) is 0 Å². The molecular weight excluding hydrogens is 285 g/mol. The van der Waals surface area contributed by atoms with Crippen LogP contribution in [0.15, 0.2) is 18.2 Å². The van der Waals surface area contributed by atoms with Crippen LogP contribution in [0.5, 0.6) is 5.75 Å². The van der Waals surface area contributed by atoms with Crippen LogP contribution in [0.4, 0.5) is 4.39 Å². The molecule has 1 atom stereocenters. The molecule has 1 aliphatic rings. The lowest BCUT2D eigenvalue weighted by Gasteiger charge is -2.25. The van der Waals surface area contributed by atoms with Crippen molar-refractivity contribution in [2.45, 2.75) is 12.0 Å². The number of halogens is 1. The van der Waals surface area contributed by atoms with Crippen LogP contribution in [-0.4, -0.2) is 41.1 Å². The highest BCUT2D eigenvalue weighted by molar-refractivity contribution is 7.99. The molecule has 108 valence electrons. The van der Waals surface area contributed by atoms with Crippen molar-refractivity contribution in [1.82, 2.24) is 5.32 Å². The van der Waals surface area contributed by atoms with Gasteiger partial charge in [0.25, 0.3) is 5.91 Å². The van der Waals surface area contributed by atoms with E-state index in [0.717, 1.165) is 6.07 Å². The zero-order chi connectivity index (χ0) is 14.8. The monoisotopic (exact) mass is 299 g/mol. The van der Waals surface area contributed by atoms with E-state index >= 15 is 0 Å². The Balaban J connectivity index is 2.28. The summed E-state index contributed by atoms with van der Waals surface area (Å²) in [5.74, 6) is -1.15. The fourth-order valence-electron chi connectivity index (χ4n) is 2.03. The molecule has 20 heavy (non-hydrogen) atoms. The molecule has 1 aliphatic heterocycles. The number of aliphatic carboxylic acids is 1. The van der Waals surface area contributed by atoms with Gasteiger partial charge >= 0.3 is 5.97 Å². The fourth-order valence-corrected chi connectivity index (χ4v) is 3.35. The number of carbonyl (C=O) groups excluding carboxylic acids is 1. The van der Waals surface area contributed by atoms with Gasteiger partial charge < -0.3 is 15.2 Å². The molecule has 0 aromatic heterocycles. The van der Waals surface area contributed by atoms with Crippen LogP contribution >= 0.6 is 11.8 Å². The zero-order valence-electron chi connectivity index (χ0n) is 10.8. The number of hydrogen-bond donors (Lipinski definition) is 2. The summed E-state index contributed by atoms with van der Waals surface area (Å²) in [5, 5.41) is 11.8. The number of thioether (sulfide) groups is 1. The Bertz CT molecular complexity index is 543. The Labute approximate surface area is 119 Å². The van der Waals surface area contributed by atoms with Gasteiger partial charge in [-0.2, -0.15) is 11.8 Å². The standard InChI is InChI=1S/C13H14FNO4S/c1-19-10-3-2-8(14)6-9(10)11(16)15-13(12(17)18)4-5-20-7-13/h2-3,6H,4-5,7H2,1H3,(H,15,16)(H,17,18). The van der Waals surface area contributed by atoms with Crippen LogP contribution in [0.25, 0.3) is 0 Å². The van der Waals surface area contributed by atoms with Crippen LogP contribution < -0.4 is 10.1 Å². The summed E-state index contributed by atoms with van der Waals surface area (Å²) >= 11 is 1.46. The first kappa shape index (κ1) is 14.6. The Hall–Kier alpha value is -1.76. The molecule has 0 spiro atoms. The highest BCUT2D eigenvalue weighted by Gasteiger charge is 2.43. The van der Waals surface area contributed by atoms with E-state index in [4.69, 9.17) is 4.74 Å². The zero-order valence-corrected chi connectivity index (χ0v) is 11.6. The number of amides is 1. The van der Waals surface area contributed by atoms with Gasteiger partial charge in [-0.25, -0.2) is 9.18 Å². The number of benzene rings is 1. The Morgan fingerprint density at radius 2 is 2.25 bits per heavy atom. The summed E-state index contributed by atoms with van der Waals surface area (Å²) in [5.41, 5.74) is -1.30. The molecule has 0 aliphatic carbocycles. The van der Waals surface area contributed by atoms with Crippen LogP contribution in [0.3, 0.4) is 0 Å². The Kier molecular flexibility index (Phi) is 4.17.